The summed E-state index contributed by atoms with van der Waals surface area (Å²) in [5, 5.41) is 10.3. The maximum atomic E-state index is 12.9. The number of rotatable bonds is 2. The van der Waals surface area contributed by atoms with Gasteiger partial charge in [-0.2, -0.15) is 5.10 Å². The Morgan fingerprint density at radius 1 is 1.43 bits per heavy atom. The lowest BCUT2D eigenvalue weighted by Crippen LogP contribution is -2.48. The van der Waals surface area contributed by atoms with E-state index in [1.807, 2.05) is 17.3 Å². The van der Waals surface area contributed by atoms with Crippen LogP contribution >= 0.6 is 0 Å². The third-order valence-corrected chi connectivity index (χ3v) is 5.06. The SMILES string of the molecule is CC1CCc2[nH]c(C(=O)N3CCNC(c4cn[nH]c4)C3)cc2C1. The van der Waals surface area contributed by atoms with Gasteiger partial charge >= 0.3 is 0 Å². The molecule has 2 atom stereocenters. The van der Waals surface area contributed by atoms with Crippen LogP contribution in [0.5, 0.6) is 0 Å². The molecule has 0 spiro atoms. The standard InChI is InChI=1S/C17H23N5O/c1-11-2-3-14-12(6-11)7-15(21-14)17(23)22-5-4-18-16(10-22)13-8-19-20-9-13/h7-9,11,16,18,21H,2-6,10H2,1H3,(H,19,20). The second-order valence-electron chi connectivity index (χ2n) is 6.82. The lowest BCUT2D eigenvalue weighted by Gasteiger charge is -2.33. The first-order valence-corrected chi connectivity index (χ1v) is 8.43. The Morgan fingerprint density at radius 3 is 3.17 bits per heavy atom. The first-order valence-electron chi connectivity index (χ1n) is 8.43. The van der Waals surface area contributed by atoms with Crippen molar-refractivity contribution in [3.63, 3.8) is 0 Å². The molecule has 0 aromatic carbocycles. The van der Waals surface area contributed by atoms with Crippen molar-refractivity contribution in [3.05, 3.63) is 41.0 Å². The number of hydrogen-bond acceptors (Lipinski definition) is 3. The van der Waals surface area contributed by atoms with Crippen LogP contribution in [-0.4, -0.2) is 45.6 Å². The average Bonchev–Trinajstić information content (AvgIpc) is 3.23. The second-order valence-corrected chi connectivity index (χ2v) is 6.82. The van der Waals surface area contributed by atoms with Gasteiger partial charge in [0.05, 0.1) is 12.2 Å². The number of aryl methyl sites for hydroxylation is 1. The number of nitrogens with zero attached hydrogens (tertiary/aromatic N) is 2. The van der Waals surface area contributed by atoms with E-state index in [2.05, 4.69) is 33.5 Å². The van der Waals surface area contributed by atoms with E-state index in [0.717, 1.165) is 37.2 Å². The molecule has 6 nitrogen and oxygen atoms in total. The van der Waals surface area contributed by atoms with E-state index in [-0.39, 0.29) is 11.9 Å². The molecule has 0 saturated carbocycles. The summed E-state index contributed by atoms with van der Waals surface area (Å²) in [6.45, 7) is 4.51. The van der Waals surface area contributed by atoms with E-state index >= 15 is 0 Å². The maximum absolute atomic E-state index is 12.9. The van der Waals surface area contributed by atoms with Crippen molar-refractivity contribution in [2.75, 3.05) is 19.6 Å². The molecule has 2 aliphatic rings. The topological polar surface area (TPSA) is 76.8 Å². The molecule has 2 unspecified atom stereocenters. The van der Waals surface area contributed by atoms with Crippen molar-refractivity contribution in [3.8, 4) is 0 Å². The summed E-state index contributed by atoms with van der Waals surface area (Å²) >= 11 is 0. The Morgan fingerprint density at radius 2 is 2.35 bits per heavy atom. The number of aromatic nitrogens is 3. The van der Waals surface area contributed by atoms with Crippen molar-refractivity contribution in [2.45, 2.75) is 32.2 Å². The summed E-state index contributed by atoms with van der Waals surface area (Å²) < 4.78 is 0. The van der Waals surface area contributed by atoms with E-state index in [4.69, 9.17) is 0 Å². The van der Waals surface area contributed by atoms with Gasteiger partial charge < -0.3 is 15.2 Å². The Labute approximate surface area is 135 Å². The minimum atomic E-state index is 0.113. The molecule has 1 aliphatic carbocycles. The second kappa shape index (κ2) is 5.85. The minimum absolute atomic E-state index is 0.113. The molecule has 23 heavy (non-hydrogen) atoms. The number of fused-ring (bicyclic) bond motifs is 1. The van der Waals surface area contributed by atoms with Crippen molar-refractivity contribution >= 4 is 5.91 Å². The van der Waals surface area contributed by atoms with Gasteiger partial charge in [0.1, 0.15) is 5.69 Å². The molecule has 4 rings (SSSR count). The zero-order chi connectivity index (χ0) is 15.8. The number of amides is 1. The lowest BCUT2D eigenvalue weighted by atomic mass is 9.89. The van der Waals surface area contributed by atoms with E-state index < -0.39 is 0 Å². The fourth-order valence-corrected chi connectivity index (χ4v) is 3.71. The van der Waals surface area contributed by atoms with Gasteiger partial charge in [0.2, 0.25) is 0 Å². The lowest BCUT2D eigenvalue weighted by molar-refractivity contribution is 0.0697. The highest BCUT2D eigenvalue weighted by atomic mass is 16.2. The van der Waals surface area contributed by atoms with Crippen molar-refractivity contribution in [1.29, 1.82) is 0 Å². The van der Waals surface area contributed by atoms with E-state index in [0.29, 0.717) is 12.5 Å². The molecule has 1 saturated heterocycles. The van der Waals surface area contributed by atoms with Gasteiger partial charge in [-0.3, -0.25) is 9.89 Å². The van der Waals surface area contributed by atoms with Crippen LogP contribution in [0.15, 0.2) is 18.5 Å². The third kappa shape index (κ3) is 2.79. The van der Waals surface area contributed by atoms with Crippen molar-refractivity contribution in [1.82, 2.24) is 25.4 Å². The third-order valence-electron chi connectivity index (χ3n) is 5.06. The van der Waals surface area contributed by atoms with Gasteiger partial charge in [0.25, 0.3) is 5.91 Å². The first kappa shape index (κ1) is 14.5. The Hall–Kier alpha value is -2.08. The summed E-state index contributed by atoms with van der Waals surface area (Å²) in [6, 6.07) is 2.22. The zero-order valence-corrected chi connectivity index (χ0v) is 13.4. The molecule has 1 aliphatic heterocycles. The van der Waals surface area contributed by atoms with Crippen LogP contribution in [0, 0.1) is 5.92 Å². The zero-order valence-electron chi connectivity index (χ0n) is 13.4. The molecule has 0 radical (unpaired) electrons. The molecule has 6 heteroatoms. The Bertz CT molecular complexity index is 690. The highest BCUT2D eigenvalue weighted by Crippen LogP contribution is 2.26. The Balaban J connectivity index is 1.50. The highest BCUT2D eigenvalue weighted by molar-refractivity contribution is 5.93. The molecule has 2 aromatic rings. The maximum Gasteiger partial charge on any atom is 0.270 e. The molecule has 3 heterocycles. The summed E-state index contributed by atoms with van der Waals surface area (Å²) in [5.74, 6) is 0.827. The van der Waals surface area contributed by atoms with Crippen LogP contribution < -0.4 is 5.32 Å². The van der Waals surface area contributed by atoms with Gasteiger partial charge in [-0.25, -0.2) is 0 Å². The van der Waals surface area contributed by atoms with Crippen LogP contribution in [-0.2, 0) is 12.8 Å². The normalized spacial score (nSPS) is 24.5. The monoisotopic (exact) mass is 313 g/mol. The number of nitrogens with one attached hydrogen (secondary N) is 3. The quantitative estimate of drug-likeness (QED) is 0.789. The largest absolute Gasteiger partial charge is 0.354 e. The average molecular weight is 313 g/mol. The molecule has 1 amide bonds. The van der Waals surface area contributed by atoms with Crippen molar-refractivity contribution in [2.24, 2.45) is 5.92 Å². The number of piperazine rings is 1. The fraction of sp³-hybridized carbons (Fsp3) is 0.529. The van der Waals surface area contributed by atoms with Gasteiger partial charge in [0.15, 0.2) is 0 Å². The molecule has 2 aromatic heterocycles. The van der Waals surface area contributed by atoms with Gasteiger partial charge in [-0.05, 0) is 36.8 Å². The van der Waals surface area contributed by atoms with Crippen molar-refractivity contribution < 1.29 is 4.79 Å². The molecule has 3 N–H and O–H groups in total. The predicted molar refractivity (Wildman–Crippen MR) is 87.2 cm³/mol. The van der Waals surface area contributed by atoms with E-state index in [1.54, 1.807) is 0 Å². The number of H-pyrrole nitrogens is 2. The molecule has 122 valence electrons. The van der Waals surface area contributed by atoms with Gasteiger partial charge in [0, 0.05) is 37.1 Å². The molecule has 1 fully saturated rings. The van der Waals surface area contributed by atoms with Gasteiger partial charge in [-0.1, -0.05) is 6.92 Å². The van der Waals surface area contributed by atoms with E-state index in [9.17, 15) is 4.79 Å². The summed E-state index contributed by atoms with van der Waals surface area (Å²) in [4.78, 5) is 18.2. The minimum Gasteiger partial charge on any atom is -0.354 e. The fourth-order valence-electron chi connectivity index (χ4n) is 3.71. The molecular weight excluding hydrogens is 290 g/mol. The van der Waals surface area contributed by atoms with Crippen LogP contribution in [0.25, 0.3) is 0 Å². The highest BCUT2D eigenvalue weighted by Gasteiger charge is 2.27. The summed E-state index contributed by atoms with van der Waals surface area (Å²) in [5.41, 5.74) is 4.43. The summed E-state index contributed by atoms with van der Waals surface area (Å²) in [6.07, 6.45) is 7.05. The smallest absolute Gasteiger partial charge is 0.270 e. The first-order chi connectivity index (χ1) is 11.2. The molecule has 0 bridgehead atoms. The summed E-state index contributed by atoms with van der Waals surface area (Å²) in [7, 11) is 0. The van der Waals surface area contributed by atoms with E-state index in [1.165, 1.54) is 17.7 Å². The van der Waals surface area contributed by atoms with Crippen LogP contribution in [0.2, 0.25) is 0 Å². The number of aromatic amines is 2. The van der Waals surface area contributed by atoms with Gasteiger partial charge in [-0.15, -0.1) is 0 Å². The van der Waals surface area contributed by atoms with Crippen LogP contribution in [0.1, 0.15) is 46.7 Å². The number of hydrogen-bond donors (Lipinski definition) is 3. The predicted octanol–water partition coefficient (Wildman–Crippen LogP) is 1.65. The number of carbonyl (C=O) groups is 1. The Kier molecular flexibility index (Phi) is 3.69. The van der Waals surface area contributed by atoms with Crippen LogP contribution in [0.4, 0.5) is 0 Å². The number of carbonyl (C=O) groups excluding carboxylic acids is 1. The molecular formula is C17H23N5O. The van der Waals surface area contributed by atoms with Crippen LogP contribution in [0.3, 0.4) is 0 Å².